The first kappa shape index (κ1) is 20.6. The summed E-state index contributed by atoms with van der Waals surface area (Å²) in [5.41, 5.74) is 5.03. The van der Waals surface area contributed by atoms with Crippen LogP contribution in [0.15, 0.2) is 45.7 Å². The molecule has 0 atom stereocenters. The number of furan rings is 1. The summed E-state index contributed by atoms with van der Waals surface area (Å²) < 4.78 is 16.5. The number of rotatable bonds is 6. The van der Waals surface area contributed by atoms with E-state index in [1.165, 1.54) is 12.7 Å². The van der Waals surface area contributed by atoms with Gasteiger partial charge in [-0.15, -0.1) is 0 Å². The van der Waals surface area contributed by atoms with Crippen LogP contribution in [0.5, 0.6) is 5.75 Å². The predicted octanol–water partition coefficient (Wildman–Crippen LogP) is 3.51. The molecule has 9 heteroatoms. The van der Waals surface area contributed by atoms with Gasteiger partial charge in [0.15, 0.2) is 11.5 Å². The van der Waals surface area contributed by atoms with E-state index in [0.717, 1.165) is 31.5 Å². The zero-order valence-electron chi connectivity index (χ0n) is 16.4. The maximum atomic E-state index is 12.3. The molecule has 0 saturated carbocycles. The van der Waals surface area contributed by atoms with Crippen molar-refractivity contribution in [3.8, 4) is 17.1 Å². The van der Waals surface area contributed by atoms with E-state index in [-0.39, 0.29) is 24.4 Å². The smallest absolute Gasteiger partial charge is 0.301 e. The van der Waals surface area contributed by atoms with Crippen LogP contribution in [0.3, 0.4) is 0 Å². The van der Waals surface area contributed by atoms with Crippen LogP contribution in [-0.2, 0) is 6.61 Å². The van der Waals surface area contributed by atoms with Gasteiger partial charge in [-0.05, 0) is 31.9 Å². The average Bonchev–Trinajstić information content (AvgIpc) is 3.34. The minimum absolute atomic E-state index is 0. The fourth-order valence-electron chi connectivity index (χ4n) is 3.14. The summed E-state index contributed by atoms with van der Waals surface area (Å²) in [4.78, 5) is 16.6. The van der Waals surface area contributed by atoms with Crippen LogP contribution in [0.4, 0.5) is 0 Å². The van der Waals surface area contributed by atoms with Crippen molar-refractivity contribution in [2.24, 2.45) is 0 Å². The molecular formula is C20H25N5O4. The van der Waals surface area contributed by atoms with Crippen LogP contribution in [-0.4, -0.2) is 34.1 Å². The molecule has 1 fully saturated rings. The van der Waals surface area contributed by atoms with Crippen molar-refractivity contribution in [2.75, 3.05) is 13.1 Å². The summed E-state index contributed by atoms with van der Waals surface area (Å²) in [7, 11) is 0. The van der Waals surface area contributed by atoms with Crippen molar-refractivity contribution in [3.05, 3.63) is 53.8 Å². The number of carbonyl (C=O) groups is 1. The molecule has 4 N–H and O–H groups in total. The second-order valence-corrected chi connectivity index (χ2v) is 6.70. The zero-order valence-corrected chi connectivity index (χ0v) is 16.4. The molecular weight excluding hydrogens is 374 g/mol. The maximum Gasteiger partial charge on any atom is 0.301 e. The Hall–Kier alpha value is -3.17. The molecule has 0 spiro atoms. The van der Waals surface area contributed by atoms with Crippen LogP contribution >= 0.6 is 0 Å². The van der Waals surface area contributed by atoms with Gasteiger partial charge in [-0.2, -0.15) is 0 Å². The highest BCUT2D eigenvalue weighted by Gasteiger charge is 2.19. The average molecular weight is 399 g/mol. The van der Waals surface area contributed by atoms with Gasteiger partial charge >= 0.3 is 5.91 Å². The number of pyridine rings is 1. The Morgan fingerprint density at radius 1 is 1.28 bits per heavy atom. The Morgan fingerprint density at radius 2 is 2.10 bits per heavy atom. The number of nitrogens with one attached hydrogen (secondary N) is 1. The van der Waals surface area contributed by atoms with Crippen molar-refractivity contribution >= 4 is 5.91 Å². The number of carbonyl (C=O) groups excluding carboxylic acids is 1. The van der Waals surface area contributed by atoms with Crippen LogP contribution < -0.4 is 16.3 Å². The monoisotopic (exact) mass is 399 g/mol. The topological polar surface area (TPSA) is 129 Å². The lowest BCUT2D eigenvalue weighted by molar-refractivity contribution is 0.0721. The van der Waals surface area contributed by atoms with Gasteiger partial charge < -0.3 is 19.8 Å². The highest BCUT2D eigenvalue weighted by atomic mass is 16.5. The number of amides is 1. The van der Waals surface area contributed by atoms with Gasteiger partial charge in [-0.3, -0.25) is 15.2 Å². The van der Waals surface area contributed by atoms with Crippen molar-refractivity contribution < 1.29 is 18.5 Å². The van der Waals surface area contributed by atoms with E-state index in [1.807, 2.05) is 30.1 Å². The Labute approximate surface area is 168 Å². The zero-order chi connectivity index (χ0) is 19.3. The SMILES string of the molecule is Cc1onc(-c2ccccn2)c1COc1coc(C(=O)NN2CCCCC2)c1.N. The number of hydrogen-bond donors (Lipinski definition) is 2. The minimum atomic E-state index is -0.271. The largest absolute Gasteiger partial charge is 0.485 e. The second-order valence-electron chi connectivity index (χ2n) is 6.70. The minimum Gasteiger partial charge on any atom is -0.485 e. The molecule has 0 aromatic carbocycles. The Kier molecular flexibility index (Phi) is 6.63. The number of ether oxygens (including phenoxy) is 1. The number of nitrogens with zero attached hydrogens (tertiary/aromatic N) is 3. The first-order chi connectivity index (χ1) is 13.7. The van der Waals surface area contributed by atoms with Gasteiger partial charge in [0.2, 0.25) is 0 Å². The molecule has 29 heavy (non-hydrogen) atoms. The molecule has 3 aromatic heterocycles. The third kappa shape index (κ3) is 4.82. The summed E-state index contributed by atoms with van der Waals surface area (Å²) in [6.07, 6.45) is 6.50. The van der Waals surface area contributed by atoms with Gasteiger partial charge in [0.1, 0.15) is 24.3 Å². The highest BCUT2D eigenvalue weighted by Crippen LogP contribution is 2.25. The highest BCUT2D eigenvalue weighted by molar-refractivity contribution is 5.91. The fraction of sp³-hybridized carbons (Fsp3) is 0.350. The molecule has 3 aromatic rings. The summed E-state index contributed by atoms with van der Waals surface area (Å²) >= 11 is 0. The van der Waals surface area contributed by atoms with Crippen LogP contribution in [0.1, 0.15) is 41.1 Å². The van der Waals surface area contributed by atoms with Crippen LogP contribution in [0, 0.1) is 6.92 Å². The van der Waals surface area contributed by atoms with E-state index < -0.39 is 0 Å². The molecule has 0 unspecified atom stereocenters. The summed E-state index contributed by atoms with van der Waals surface area (Å²) in [5.74, 6) is 1.07. The van der Waals surface area contributed by atoms with Gasteiger partial charge in [0, 0.05) is 25.4 Å². The molecule has 0 bridgehead atoms. The predicted molar refractivity (Wildman–Crippen MR) is 105 cm³/mol. The van der Waals surface area contributed by atoms with Gasteiger partial charge in [-0.1, -0.05) is 17.6 Å². The molecule has 1 amide bonds. The normalized spacial score (nSPS) is 14.2. The quantitative estimate of drug-likeness (QED) is 0.644. The summed E-state index contributed by atoms with van der Waals surface area (Å²) in [6.45, 7) is 3.77. The molecule has 4 heterocycles. The number of aryl methyl sites for hydroxylation is 1. The molecule has 1 saturated heterocycles. The summed E-state index contributed by atoms with van der Waals surface area (Å²) in [6, 6.07) is 7.18. The number of aromatic nitrogens is 2. The van der Waals surface area contributed by atoms with E-state index in [0.29, 0.717) is 22.9 Å². The maximum absolute atomic E-state index is 12.3. The third-order valence-corrected chi connectivity index (χ3v) is 4.69. The van der Waals surface area contributed by atoms with E-state index in [2.05, 4.69) is 15.6 Å². The van der Waals surface area contributed by atoms with Gasteiger partial charge in [0.05, 0.1) is 11.3 Å². The molecule has 154 valence electrons. The van der Waals surface area contributed by atoms with Gasteiger partial charge in [0.25, 0.3) is 0 Å². The van der Waals surface area contributed by atoms with E-state index >= 15 is 0 Å². The van der Waals surface area contributed by atoms with Crippen LogP contribution in [0.25, 0.3) is 11.4 Å². The lowest BCUT2D eigenvalue weighted by Crippen LogP contribution is -2.44. The third-order valence-electron chi connectivity index (χ3n) is 4.69. The van der Waals surface area contributed by atoms with Crippen molar-refractivity contribution in [1.82, 2.24) is 26.7 Å². The lowest BCUT2D eigenvalue weighted by Gasteiger charge is -2.26. The standard InChI is InChI=1S/C20H22N4O4.H3N/c1-14-16(19(23-28-14)17-7-3-4-8-21-17)13-26-15-11-18(27-12-15)20(25)22-24-9-5-2-6-10-24;/h3-4,7-8,11-12H,2,5-6,9-10,13H2,1H3,(H,22,25);1H3. The van der Waals surface area contributed by atoms with Crippen LogP contribution in [0.2, 0.25) is 0 Å². The number of hydrogen-bond acceptors (Lipinski definition) is 8. The molecule has 0 aliphatic carbocycles. The second kappa shape index (κ2) is 9.35. The molecule has 1 aliphatic rings. The molecule has 0 radical (unpaired) electrons. The van der Waals surface area contributed by atoms with Crippen molar-refractivity contribution in [1.29, 1.82) is 0 Å². The molecule has 4 rings (SSSR count). The first-order valence-electron chi connectivity index (χ1n) is 9.34. The Balaban J connectivity index is 0.00000240. The summed E-state index contributed by atoms with van der Waals surface area (Å²) in [5, 5.41) is 6.01. The lowest BCUT2D eigenvalue weighted by atomic mass is 10.1. The molecule has 1 aliphatic heterocycles. The number of hydrazine groups is 1. The van der Waals surface area contributed by atoms with E-state index in [1.54, 1.807) is 12.3 Å². The first-order valence-corrected chi connectivity index (χ1v) is 9.34. The van der Waals surface area contributed by atoms with Gasteiger partial charge in [-0.25, -0.2) is 5.01 Å². The van der Waals surface area contributed by atoms with Crippen molar-refractivity contribution in [3.63, 3.8) is 0 Å². The Morgan fingerprint density at radius 3 is 2.86 bits per heavy atom. The van der Waals surface area contributed by atoms with E-state index in [4.69, 9.17) is 13.7 Å². The Bertz CT molecular complexity index is 932. The molecule has 9 nitrogen and oxygen atoms in total. The number of piperidine rings is 1. The van der Waals surface area contributed by atoms with Crippen molar-refractivity contribution in [2.45, 2.75) is 32.8 Å². The van der Waals surface area contributed by atoms with E-state index in [9.17, 15) is 4.79 Å². The fourth-order valence-corrected chi connectivity index (χ4v) is 3.14.